The van der Waals surface area contributed by atoms with Crippen molar-refractivity contribution in [3.63, 3.8) is 0 Å². The van der Waals surface area contributed by atoms with Gasteiger partial charge < -0.3 is 10.0 Å². The van der Waals surface area contributed by atoms with Crippen LogP contribution in [0.4, 0.5) is 0 Å². The molecule has 1 N–H and O–H groups in total. The monoisotopic (exact) mass is 485 g/mol. The molecule has 4 rings (SSSR count). The second kappa shape index (κ2) is 7.71. The highest BCUT2D eigenvalue weighted by Crippen LogP contribution is 2.67. The minimum atomic E-state index is -0.930. The summed E-state index contributed by atoms with van der Waals surface area (Å²) in [6.07, 6.45) is 4.27. The van der Waals surface area contributed by atoms with Crippen LogP contribution in [-0.4, -0.2) is 52.7 Å². The maximum atomic E-state index is 13.5. The second-order valence-corrected chi connectivity index (χ2v) is 9.88. The van der Waals surface area contributed by atoms with Crippen LogP contribution in [0.25, 0.3) is 0 Å². The van der Waals surface area contributed by atoms with Gasteiger partial charge in [0.05, 0.1) is 12.0 Å². The summed E-state index contributed by atoms with van der Waals surface area (Å²) in [5.74, 6) is 0.367. The van der Waals surface area contributed by atoms with Crippen molar-refractivity contribution in [2.75, 3.05) is 31.2 Å². The average molecular weight is 485 g/mol. The van der Waals surface area contributed by atoms with Crippen molar-refractivity contribution in [1.82, 2.24) is 4.90 Å². The molecule has 0 radical (unpaired) electrons. The van der Waals surface area contributed by atoms with E-state index in [1.54, 1.807) is 0 Å². The summed E-state index contributed by atoms with van der Waals surface area (Å²) >= 11 is 2.42. The number of carbonyl (C=O) groups excluding carboxylic acids is 2. The zero-order chi connectivity index (χ0) is 20.0. The van der Waals surface area contributed by atoms with Gasteiger partial charge in [0.15, 0.2) is 11.6 Å². The Balaban J connectivity index is 2.17. The molecular weight excluding hydrogens is 453 g/mol. The first-order valence-corrected chi connectivity index (χ1v) is 11.6. The lowest BCUT2D eigenvalue weighted by Gasteiger charge is -2.64. The van der Waals surface area contributed by atoms with Gasteiger partial charge >= 0.3 is 0 Å². The number of likely N-dealkylation sites (N-methyl/N-ethyl adjacent to an activating group) is 1. The SMILES string of the molecule is C=C1C(=O)[C@@]23CC[C@@H](CC2[C@@](CCI)(CN(C)CCO)C1CC)C(=C)C3=O. The normalized spacial score (nSPS) is 38.6. The number of aliphatic hydroxyl groups is 1. The third-order valence-electron chi connectivity index (χ3n) is 7.71. The van der Waals surface area contributed by atoms with Crippen molar-refractivity contribution in [3.8, 4) is 0 Å². The average Bonchev–Trinajstić information content (AvgIpc) is 2.64. The highest BCUT2D eigenvalue weighted by atomic mass is 127. The first-order chi connectivity index (χ1) is 12.8. The maximum Gasteiger partial charge on any atom is 0.172 e. The standard InChI is InChI=1S/C22H32INO3/c1-5-17-15(3)20(27)22-7-6-16(14(2)19(22)26)12-18(22)21(17,8-9-23)13-24(4)10-11-25/h16-18,25H,2-3,5-13H2,1,4H3/t16-,17?,18?,21-,22-/m0/s1. The number of fused-ring (bicyclic) bond motifs is 2. The van der Waals surface area contributed by atoms with Gasteiger partial charge in [-0.15, -0.1) is 0 Å². The lowest BCUT2D eigenvalue weighted by Crippen LogP contribution is -2.67. The predicted molar refractivity (Wildman–Crippen MR) is 116 cm³/mol. The van der Waals surface area contributed by atoms with Gasteiger partial charge in [0.25, 0.3) is 0 Å². The minimum Gasteiger partial charge on any atom is -0.395 e. The Morgan fingerprint density at radius 2 is 1.93 bits per heavy atom. The lowest BCUT2D eigenvalue weighted by molar-refractivity contribution is -0.167. The van der Waals surface area contributed by atoms with E-state index in [4.69, 9.17) is 0 Å². The molecule has 27 heavy (non-hydrogen) atoms. The fraction of sp³-hybridized carbons (Fsp3) is 0.727. The summed E-state index contributed by atoms with van der Waals surface area (Å²) in [5, 5.41) is 9.43. The van der Waals surface area contributed by atoms with Crippen molar-refractivity contribution in [3.05, 3.63) is 24.3 Å². The van der Waals surface area contributed by atoms with E-state index < -0.39 is 5.41 Å². The van der Waals surface area contributed by atoms with Crippen molar-refractivity contribution in [2.24, 2.45) is 28.6 Å². The van der Waals surface area contributed by atoms with Gasteiger partial charge in [-0.25, -0.2) is 0 Å². The maximum absolute atomic E-state index is 13.5. The van der Waals surface area contributed by atoms with Crippen LogP contribution in [0.2, 0.25) is 0 Å². The first-order valence-electron chi connectivity index (χ1n) is 10.1. The Morgan fingerprint density at radius 1 is 1.26 bits per heavy atom. The molecule has 2 bridgehead atoms. The summed E-state index contributed by atoms with van der Waals surface area (Å²) in [4.78, 5) is 29.1. The number of hydrogen-bond donors (Lipinski definition) is 1. The van der Waals surface area contributed by atoms with Crippen LogP contribution < -0.4 is 0 Å². The summed E-state index contributed by atoms with van der Waals surface area (Å²) in [6.45, 7) is 11.9. The summed E-state index contributed by atoms with van der Waals surface area (Å²) in [6, 6.07) is 0. The highest BCUT2D eigenvalue weighted by Gasteiger charge is 2.69. The molecule has 0 heterocycles. The quantitative estimate of drug-likeness (QED) is 0.260. The molecule has 0 saturated heterocycles. The number of halogens is 1. The summed E-state index contributed by atoms with van der Waals surface area (Å²) in [7, 11) is 2.03. The van der Waals surface area contributed by atoms with E-state index in [1.807, 2.05) is 7.05 Å². The molecule has 0 aromatic rings. The van der Waals surface area contributed by atoms with Gasteiger partial charge in [0.2, 0.25) is 0 Å². The van der Waals surface area contributed by atoms with Crippen LogP contribution >= 0.6 is 22.6 Å². The zero-order valence-electron chi connectivity index (χ0n) is 16.6. The van der Waals surface area contributed by atoms with Crippen LogP contribution in [0.15, 0.2) is 24.3 Å². The van der Waals surface area contributed by atoms with Gasteiger partial charge in [-0.1, -0.05) is 42.7 Å². The molecule has 0 aromatic heterocycles. The van der Waals surface area contributed by atoms with Gasteiger partial charge in [-0.3, -0.25) is 9.59 Å². The van der Waals surface area contributed by atoms with Crippen LogP contribution in [-0.2, 0) is 9.59 Å². The van der Waals surface area contributed by atoms with Crippen molar-refractivity contribution in [2.45, 2.75) is 39.0 Å². The van der Waals surface area contributed by atoms with E-state index >= 15 is 0 Å². The summed E-state index contributed by atoms with van der Waals surface area (Å²) in [5.41, 5.74) is 0.235. The van der Waals surface area contributed by atoms with E-state index in [0.29, 0.717) is 24.1 Å². The molecule has 0 aliphatic heterocycles. The van der Waals surface area contributed by atoms with E-state index in [0.717, 1.165) is 36.7 Å². The number of carbonyl (C=O) groups is 2. The Kier molecular flexibility index (Phi) is 6.05. The minimum absolute atomic E-state index is 0.00153. The Labute approximate surface area is 176 Å². The molecule has 5 heteroatoms. The third kappa shape index (κ3) is 2.91. The lowest BCUT2D eigenvalue weighted by atomic mass is 9.38. The van der Waals surface area contributed by atoms with Crippen molar-refractivity contribution >= 4 is 34.2 Å². The molecule has 4 aliphatic carbocycles. The molecule has 4 aliphatic rings. The number of ketones is 2. The molecule has 5 atom stereocenters. The van der Waals surface area contributed by atoms with Gasteiger partial charge in [-0.05, 0) is 73.5 Å². The smallest absolute Gasteiger partial charge is 0.172 e. The zero-order valence-corrected chi connectivity index (χ0v) is 18.8. The van der Waals surface area contributed by atoms with Crippen molar-refractivity contribution < 1.29 is 14.7 Å². The van der Waals surface area contributed by atoms with E-state index in [2.05, 4.69) is 47.6 Å². The molecule has 4 saturated carbocycles. The molecule has 0 aromatic carbocycles. The van der Waals surface area contributed by atoms with Crippen LogP contribution in [0.1, 0.15) is 39.0 Å². The molecular formula is C22H32INO3. The fourth-order valence-corrected chi connectivity index (χ4v) is 7.61. The summed E-state index contributed by atoms with van der Waals surface area (Å²) < 4.78 is 0.981. The van der Waals surface area contributed by atoms with E-state index in [9.17, 15) is 14.7 Å². The molecule has 150 valence electrons. The third-order valence-corrected chi connectivity index (χ3v) is 8.25. The first kappa shape index (κ1) is 21.2. The molecule has 0 amide bonds. The van der Waals surface area contributed by atoms with Crippen LogP contribution in [0.3, 0.4) is 0 Å². The molecule has 4 fully saturated rings. The van der Waals surface area contributed by atoms with Crippen LogP contribution in [0.5, 0.6) is 0 Å². The van der Waals surface area contributed by atoms with Crippen molar-refractivity contribution in [1.29, 1.82) is 0 Å². The fourth-order valence-electron chi connectivity index (χ4n) is 6.60. The van der Waals surface area contributed by atoms with Crippen LogP contribution in [0, 0.1) is 28.6 Å². The number of Topliss-reactive ketones (excluding diaryl/α,β-unsaturated/α-hetero) is 2. The largest absolute Gasteiger partial charge is 0.395 e. The number of hydrogen-bond acceptors (Lipinski definition) is 4. The van der Waals surface area contributed by atoms with Gasteiger partial charge in [0.1, 0.15) is 0 Å². The Bertz CT molecular complexity index is 674. The molecule has 1 spiro atoms. The second-order valence-electron chi connectivity index (χ2n) is 8.80. The number of alkyl halides is 1. The number of nitrogens with zero attached hydrogens (tertiary/aromatic N) is 1. The Morgan fingerprint density at radius 3 is 2.52 bits per heavy atom. The number of rotatable bonds is 7. The highest BCUT2D eigenvalue weighted by molar-refractivity contribution is 14.1. The predicted octanol–water partition coefficient (Wildman–Crippen LogP) is 3.43. The number of aliphatic hydroxyl groups excluding tert-OH is 1. The molecule has 4 nitrogen and oxygen atoms in total. The van der Waals surface area contributed by atoms with E-state index in [-0.39, 0.29) is 41.3 Å². The molecule has 2 unspecified atom stereocenters. The van der Waals surface area contributed by atoms with Gasteiger partial charge in [-0.2, -0.15) is 0 Å². The Hall–Kier alpha value is -0.530. The van der Waals surface area contributed by atoms with E-state index in [1.165, 1.54) is 0 Å². The van der Waals surface area contributed by atoms with Gasteiger partial charge in [0, 0.05) is 17.5 Å². The topological polar surface area (TPSA) is 57.6 Å². The number of allylic oxidation sites excluding steroid dienone is 2.